The maximum absolute atomic E-state index is 13.0. The third-order valence-electron chi connectivity index (χ3n) is 5.83. The van der Waals surface area contributed by atoms with Gasteiger partial charge in [-0.05, 0) is 30.2 Å². The lowest BCUT2D eigenvalue weighted by Crippen LogP contribution is -2.38. The van der Waals surface area contributed by atoms with Gasteiger partial charge in [-0.25, -0.2) is 15.0 Å². The number of carbonyl (C=O) groups excluding carboxylic acids is 2. The number of nitrogens with one attached hydrogen (secondary N) is 2. The Labute approximate surface area is 214 Å². The number of nitrogens with zero attached hydrogens (tertiary/aromatic N) is 4. The molecule has 0 radical (unpaired) electrons. The standard InChI is InChI=1S/C25H30N6O4S/c1-3-17-5-6-20(19(15-17)22(32)26-11-14-34-2)29-23(33)21-16-36-25(30-21)31-12-7-18(8-13-31)35-24-27-9-4-10-28-24/h4-6,9-10,15-16,18H,3,7-8,11-14H2,1-2H3,(H,26,32)(H,29,33). The molecule has 0 unspecified atom stereocenters. The molecule has 0 spiro atoms. The minimum atomic E-state index is -0.355. The first-order chi connectivity index (χ1) is 17.6. The minimum Gasteiger partial charge on any atom is -0.460 e. The Hall–Kier alpha value is -3.57. The number of carbonyl (C=O) groups is 2. The highest BCUT2D eigenvalue weighted by Gasteiger charge is 2.24. The van der Waals surface area contributed by atoms with Gasteiger partial charge >= 0.3 is 6.01 Å². The molecule has 1 saturated heterocycles. The topological polar surface area (TPSA) is 119 Å². The van der Waals surface area contributed by atoms with E-state index < -0.39 is 0 Å². The monoisotopic (exact) mass is 510 g/mol. The molecule has 1 aliphatic rings. The van der Waals surface area contributed by atoms with E-state index in [1.54, 1.807) is 43.1 Å². The zero-order valence-electron chi connectivity index (χ0n) is 20.4. The van der Waals surface area contributed by atoms with Gasteiger partial charge in [0.25, 0.3) is 11.8 Å². The third-order valence-corrected chi connectivity index (χ3v) is 6.73. The van der Waals surface area contributed by atoms with Gasteiger partial charge in [0.15, 0.2) is 5.13 Å². The number of aryl methyl sites for hydroxylation is 1. The van der Waals surface area contributed by atoms with Crippen LogP contribution >= 0.6 is 11.3 Å². The summed E-state index contributed by atoms with van der Waals surface area (Å²) in [6, 6.07) is 7.61. The Morgan fingerprint density at radius 1 is 1.17 bits per heavy atom. The van der Waals surface area contributed by atoms with Crippen LogP contribution in [0.15, 0.2) is 42.0 Å². The fourth-order valence-electron chi connectivity index (χ4n) is 3.83. The normalized spacial score (nSPS) is 13.9. The van der Waals surface area contributed by atoms with Gasteiger partial charge in [0.1, 0.15) is 11.8 Å². The molecule has 0 saturated carbocycles. The highest BCUT2D eigenvalue weighted by atomic mass is 32.1. The van der Waals surface area contributed by atoms with Crippen LogP contribution in [0.25, 0.3) is 0 Å². The summed E-state index contributed by atoms with van der Waals surface area (Å²) in [6.07, 6.45) is 5.77. The largest absolute Gasteiger partial charge is 0.460 e. The maximum Gasteiger partial charge on any atom is 0.316 e. The predicted octanol–water partition coefficient (Wildman–Crippen LogP) is 3.17. The molecule has 0 aliphatic carbocycles. The predicted molar refractivity (Wildman–Crippen MR) is 138 cm³/mol. The van der Waals surface area contributed by atoms with Gasteiger partial charge in [0.2, 0.25) is 0 Å². The van der Waals surface area contributed by atoms with Crippen LogP contribution in [-0.2, 0) is 11.2 Å². The summed E-state index contributed by atoms with van der Waals surface area (Å²) in [4.78, 5) is 40.7. The van der Waals surface area contributed by atoms with E-state index in [-0.39, 0.29) is 17.9 Å². The number of benzene rings is 1. The summed E-state index contributed by atoms with van der Waals surface area (Å²) in [5, 5.41) is 8.20. The Bertz CT molecular complexity index is 1160. The summed E-state index contributed by atoms with van der Waals surface area (Å²) in [5.74, 6) is -0.616. The zero-order valence-corrected chi connectivity index (χ0v) is 21.2. The minimum absolute atomic E-state index is 0.0472. The molecule has 0 atom stereocenters. The quantitative estimate of drug-likeness (QED) is 0.399. The van der Waals surface area contributed by atoms with Gasteiger partial charge in [-0.1, -0.05) is 13.0 Å². The van der Waals surface area contributed by atoms with Crippen LogP contribution in [-0.4, -0.2) is 66.2 Å². The second kappa shape index (κ2) is 12.4. The van der Waals surface area contributed by atoms with Crippen LogP contribution in [0.5, 0.6) is 6.01 Å². The van der Waals surface area contributed by atoms with E-state index in [2.05, 4.69) is 30.5 Å². The van der Waals surface area contributed by atoms with Crippen molar-refractivity contribution in [2.75, 3.05) is 43.6 Å². The molecule has 1 aliphatic heterocycles. The molecular weight excluding hydrogens is 480 g/mol. The number of piperidine rings is 1. The average Bonchev–Trinajstić information content (AvgIpc) is 3.41. The highest BCUT2D eigenvalue weighted by Crippen LogP contribution is 2.26. The summed E-state index contributed by atoms with van der Waals surface area (Å²) in [6.45, 7) is 4.33. The summed E-state index contributed by atoms with van der Waals surface area (Å²) < 4.78 is 10.9. The molecule has 2 aromatic heterocycles. The molecule has 0 bridgehead atoms. The van der Waals surface area contributed by atoms with Crippen LogP contribution in [0.3, 0.4) is 0 Å². The van der Waals surface area contributed by atoms with E-state index in [1.165, 1.54) is 11.3 Å². The Balaban J connectivity index is 1.37. The fraction of sp³-hybridized carbons (Fsp3) is 0.400. The third kappa shape index (κ3) is 6.55. The van der Waals surface area contributed by atoms with Crippen molar-refractivity contribution in [3.63, 3.8) is 0 Å². The number of hydrogen-bond donors (Lipinski definition) is 2. The molecule has 1 aromatic carbocycles. The van der Waals surface area contributed by atoms with Crippen molar-refractivity contribution in [1.29, 1.82) is 0 Å². The summed E-state index contributed by atoms with van der Waals surface area (Å²) in [7, 11) is 1.58. The van der Waals surface area contributed by atoms with Crippen molar-refractivity contribution in [2.24, 2.45) is 0 Å². The first kappa shape index (κ1) is 25.5. The summed E-state index contributed by atoms with van der Waals surface area (Å²) in [5.41, 5.74) is 2.19. The van der Waals surface area contributed by atoms with Gasteiger partial charge in [-0.3, -0.25) is 9.59 Å². The lowest BCUT2D eigenvalue weighted by molar-refractivity contribution is 0.0938. The molecular formula is C25H30N6O4S. The zero-order chi connectivity index (χ0) is 25.3. The second-order valence-corrected chi connectivity index (χ2v) is 9.12. The van der Waals surface area contributed by atoms with Crippen molar-refractivity contribution in [3.8, 4) is 6.01 Å². The molecule has 4 rings (SSSR count). The van der Waals surface area contributed by atoms with Gasteiger partial charge in [-0.2, -0.15) is 0 Å². The number of methoxy groups -OCH3 is 1. The molecule has 3 heterocycles. The Kier molecular flexibility index (Phi) is 8.80. The maximum atomic E-state index is 13.0. The first-order valence-corrected chi connectivity index (χ1v) is 12.8. The lowest BCUT2D eigenvalue weighted by atomic mass is 10.1. The van der Waals surface area contributed by atoms with Crippen molar-refractivity contribution in [3.05, 3.63) is 58.9 Å². The van der Waals surface area contributed by atoms with E-state index in [4.69, 9.17) is 9.47 Å². The molecule has 2 N–H and O–H groups in total. The van der Waals surface area contributed by atoms with Gasteiger partial charge in [0, 0.05) is 57.4 Å². The van der Waals surface area contributed by atoms with Crippen molar-refractivity contribution in [2.45, 2.75) is 32.3 Å². The number of hydrogen-bond acceptors (Lipinski definition) is 9. The lowest BCUT2D eigenvalue weighted by Gasteiger charge is -2.31. The molecule has 3 aromatic rings. The van der Waals surface area contributed by atoms with Crippen molar-refractivity contribution in [1.82, 2.24) is 20.3 Å². The van der Waals surface area contributed by atoms with Gasteiger partial charge < -0.3 is 25.0 Å². The van der Waals surface area contributed by atoms with Crippen LogP contribution in [0.1, 0.15) is 46.2 Å². The van der Waals surface area contributed by atoms with Gasteiger partial charge in [0.05, 0.1) is 17.9 Å². The number of rotatable bonds is 10. The number of aromatic nitrogens is 3. The number of thiazole rings is 1. The SMILES string of the molecule is CCc1ccc(NC(=O)c2csc(N3CCC(Oc4ncccn4)CC3)n2)c(C(=O)NCCOC)c1. The molecule has 2 amide bonds. The fourth-order valence-corrected chi connectivity index (χ4v) is 4.69. The van der Waals surface area contributed by atoms with Crippen molar-refractivity contribution >= 4 is 34.0 Å². The van der Waals surface area contributed by atoms with Crippen LogP contribution < -0.4 is 20.3 Å². The summed E-state index contributed by atoms with van der Waals surface area (Å²) >= 11 is 1.43. The van der Waals surface area contributed by atoms with E-state index in [1.807, 2.05) is 13.0 Å². The molecule has 36 heavy (non-hydrogen) atoms. The Morgan fingerprint density at radius 2 is 1.94 bits per heavy atom. The number of ether oxygens (including phenoxy) is 2. The van der Waals surface area contributed by atoms with Crippen molar-refractivity contribution < 1.29 is 19.1 Å². The van der Waals surface area contributed by atoms with Crippen LogP contribution in [0.4, 0.5) is 10.8 Å². The second-order valence-electron chi connectivity index (χ2n) is 8.29. The van der Waals surface area contributed by atoms with E-state index in [0.717, 1.165) is 43.0 Å². The highest BCUT2D eigenvalue weighted by molar-refractivity contribution is 7.14. The number of anilines is 2. The van der Waals surface area contributed by atoms with E-state index >= 15 is 0 Å². The first-order valence-electron chi connectivity index (χ1n) is 11.9. The smallest absolute Gasteiger partial charge is 0.316 e. The van der Waals surface area contributed by atoms with Gasteiger partial charge in [-0.15, -0.1) is 11.3 Å². The average molecular weight is 511 g/mol. The van der Waals surface area contributed by atoms with E-state index in [9.17, 15) is 9.59 Å². The number of amides is 2. The van der Waals surface area contributed by atoms with E-state index in [0.29, 0.717) is 36.1 Å². The molecule has 11 heteroatoms. The Morgan fingerprint density at radius 3 is 2.67 bits per heavy atom. The van der Waals surface area contributed by atoms with Crippen LogP contribution in [0, 0.1) is 0 Å². The van der Waals surface area contributed by atoms with Crippen LogP contribution in [0.2, 0.25) is 0 Å². The molecule has 1 fully saturated rings. The molecule has 10 nitrogen and oxygen atoms in total. The molecule has 190 valence electrons.